The van der Waals surface area contributed by atoms with Crippen molar-refractivity contribution in [1.82, 2.24) is 9.62 Å². The third kappa shape index (κ3) is 4.41. The first-order valence-electron chi connectivity index (χ1n) is 7.51. The second-order valence-electron chi connectivity index (χ2n) is 5.50. The van der Waals surface area contributed by atoms with E-state index in [1.54, 1.807) is 0 Å². The number of hydrogen-bond donors (Lipinski definition) is 1. The van der Waals surface area contributed by atoms with Gasteiger partial charge in [0.2, 0.25) is 15.8 Å². The Bertz CT molecular complexity index is 679. The van der Waals surface area contributed by atoms with Gasteiger partial charge in [0.15, 0.2) is 4.90 Å². The van der Waals surface area contributed by atoms with E-state index >= 15 is 0 Å². The smallest absolute Gasteiger partial charge is 0.317 e. The van der Waals surface area contributed by atoms with Crippen LogP contribution in [0.4, 0.5) is 10.1 Å². The standard InChI is InChI=1S/C14H20FN3O4S.ClH/c1-2-16-10-11-6-8-17(9-7-11)23(21,22)13-5-3-4-12(15)14(13)18(19)20;/h3-5,11,16H,2,6-10H2,1H3;1H. The third-order valence-corrected chi connectivity index (χ3v) is 5.94. The van der Waals surface area contributed by atoms with Gasteiger partial charge >= 0.3 is 5.69 Å². The van der Waals surface area contributed by atoms with Crippen LogP contribution in [0.1, 0.15) is 19.8 Å². The van der Waals surface area contributed by atoms with E-state index in [0.717, 1.165) is 25.2 Å². The summed E-state index contributed by atoms with van der Waals surface area (Å²) >= 11 is 0. The molecule has 0 aromatic heterocycles. The van der Waals surface area contributed by atoms with Crippen LogP contribution in [0.5, 0.6) is 0 Å². The number of rotatable bonds is 6. The monoisotopic (exact) mass is 381 g/mol. The first-order valence-corrected chi connectivity index (χ1v) is 8.95. The van der Waals surface area contributed by atoms with Crippen LogP contribution in [0.2, 0.25) is 0 Å². The van der Waals surface area contributed by atoms with Crippen LogP contribution < -0.4 is 5.32 Å². The molecule has 24 heavy (non-hydrogen) atoms. The quantitative estimate of drug-likeness (QED) is 0.602. The Hall–Kier alpha value is -1.29. The number of piperidine rings is 1. The van der Waals surface area contributed by atoms with Gasteiger partial charge in [0.1, 0.15) is 0 Å². The van der Waals surface area contributed by atoms with Gasteiger partial charge in [0, 0.05) is 13.1 Å². The molecule has 1 heterocycles. The van der Waals surface area contributed by atoms with Gasteiger partial charge in [0.05, 0.1) is 4.92 Å². The zero-order valence-corrected chi connectivity index (χ0v) is 14.9. The van der Waals surface area contributed by atoms with Crippen LogP contribution in [0, 0.1) is 21.8 Å². The Morgan fingerprint density at radius 3 is 2.54 bits per heavy atom. The number of nitro benzene ring substituents is 1. The van der Waals surface area contributed by atoms with Crippen molar-refractivity contribution < 1.29 is 17.7 Å². The highest BCUT2D eigenvalue weighted by atomic mass is 35.5. The van der Waals surface area contributed by atoms with Crippen LogP contribution >= 0.6 is 12.4 Å². The molecule has 1 saturated heterocycles. The maximum absolute atomic E-state index is 13.7. The molecule has 10 heteroatoms. The van der Waals surface area contributed by atoms with Gasteiger partial charge in [-0.05, 0) is 44.0 Å². The Morgan fingerprint density at radius 2 is 2.00 bits per heavy atom. The highest BCUT2D eigenvalue weighted by molar-refractivity contribution is 7.89. The summed E-state index contributed by atoms with van der Waals surface area (Å²) in [6.07, 6.45) is 1.35. The first kappa shape index (κ1) is 20.8. The van der Waals surface area contributed by atoms with Gasteiger partial charge < -0.3 is 5.32 Å². The topological polar surface area (TPSA) is 92.6 Å². The Kier molecular flexibility index (Phi) is 7.53. The number of benzene rings is 1. The number of nitrogens with one attached hydrogen (secondary N) is 1. The molecular formula is C14H21ClFN3O4S. The largest absolute Gasteiger partial charge is 0.324 e. The molecule has 1 fully saturated rings. The van der Waals surface area contributed by atoms with Gasteiger partial charge in [-0.2, -0.15) is 8.70 Å². The lowest BCUT2D eigenvalue weighted by molar-refractivity contribution is -0.390. The van der Waals surface area contributed by atoms with Crippen molar-refractivity contribution in [2.75, 3.05) is 26.2 Å². The normalized spacial score (nSPS) is 16.6. The summed E-state index contributed by atoms with van der Waals surface area (Å²) in [7, 11) is -4.07. The van der Waals surface area contributed by atoms with E-state index in [2.05, 4.69) is 5.32 Å². The lowest BCUT2D eigenvalue weighted by atomic mass is 9.98. The Morgan fingerprint density at radius 1 is 1.38 bits per heavy atom. The maximum atomic E-state index is 13.7. The number of para-hydroxylation sites is 1. The lowest BCUT2D eigenvalue weighted by Crippen LogP contribution is -2.40. The highest BCUT2D eigenvalue weighted by Gasteiger charge is 2.35. The van der Waals surface area contributed by atoms with Crippen LogP contribution in [-0.2, 0) is 10.0 Å². The first-order chi connectivity index (χ1) is 10.9. The average molecular weight is 382 g/mol. The van der Waals surface area contributed by atoms with Crippen molar-refractivity contribution in [3.05, 3.63) is 34.1 Å². The molecule has 1 aromatic carbocycles. The van der Waals surface area contributed by atoms with E-state index in [4.69, 9.17) is 0 Å². The molecule has 0 amide bonds. The van der Waals surface area contributed by atoms with Crippen LogP contribution in [0.3, 0.4) is 0 Å². The third-order valence-electron chi connectivity index (χ3n) is 4.01. The average Bonchev–Trinajstić information content (AvgIpc) is 2.52. The van der Waals surface area contributed by atoms with Crippen molar-refractivity contribution in [3.8, 4) is 0 Å². The molecule has 0 atom stereocenters. The number of hydrogen-bond acceptors (Lipinski definition) is 5. The molecule has 2 rings (SSSR count). The minimum atomic E-state index is -4.07. The summed E-state index contributed by atoms with van der Waals surface area (Å²) in [5, 5.41) is 14.2. The second kappa shape index (κ2) is 8.70. The minimum Gasteiger partial charge on any atom is -0.317 e. The molecule has 1 N–H and O–H groups in total. The summed E-state index contributed by atoms with van der Waals surface area (Å²) in [6, 6.07) is 3.15. The molecule has 0 unspecified atom stereocenters. The molecule has 136 valence electrons. The van der Waals surface area contributed by atoms with Crippen LogP contribution in [0.25, 0.3) is 0 Å². The predicted octanol–water partition coefficient (Wildman–Crippen LogP) is 2.17. The molecule has 0 aliphatic carbocycles. The maximum Gasteiger partial charge on any atom is 0.324 e. The predicted molar refractivity (Wildman–Crippen MR) is 90.3 cm³/mol. The lowest BCUT2D eigenvalue weighted by Gasteiger charge is -2.31. The fourth-order valence-electron chi connectivity index (χ4n) is 2.72. The molecule has 7 nitrogen and oxygen atoms in total. The molecule has 1 aliphatic rings. The number of nitro groups is 1. The number of sulfonamides is 1. The van der Waals surface area contributed by atoms with Gasteiger partial charge in [-0.25, -0.2) is 8.42 Å². The van der Waals surface area contributed by atoms with Gasteiger partial charge in [-0.1, -0.05) is 13.0 Å². The van der Waals surface area contributed by atoms with E-state index < -0.39 is 31.3 Å². The fraction of sp³-hybridized carbons (Fsp3) is 0.571. The number of nitrogens with zero attached hydrogens (tertiary/aromatic N) is 2. The Labute approximate surface area is 146 Å². The van der Waals surface area contributed by atoms with Crippen molar-refractivity contribution in [3.63, 3.8) is 0 Å². The van der Waals surface area contributed by atoms with Crippen molar-refractivity contribution >= 4 is 28.1 Å². The second-order valence-corrected chi connectivity index (χ2v) is 7.41. The highest BCUT2D eigenvalue weighted by Crippen LogP contribution is 2.31. The summed E-state index contributed by atoms with van der Waals surface area (Å²) in [5.74, 6) is -0.762. The molecule has 0 bridgehead atoms. The van der Waals surface area contributed by atoms with Gasteiger partial charge in [-0.3, -0.25) is 10.1 Å². The SMILES string of the molecule is CCNCC1CCN(S(=O)(=O)c2cccc(F)c2[N+](=O)[O-])CC1.Cl. The van der Waals surface area contributed by atoms with E-state index in [1.807, 2.05) is 6.92 Å². The van der Waals surface area contributed by atoms with Crippen LogP contribution in [-0.4, -0.2) is 43.8 Å². The van der Waals surface area contributed by atoms with E-state index in [0.29, 0.717) is 18.8 Å². The van der Waals surface area contributed by atoms with Gasteiger partial charge in [0.25, 0.3) is 0 Å². The van der Waals surface area contributed by atoms with Crippen molar-refractivity contribution in [1.29, 1.82) is 0 Å². The zero-order chi connectivity index (χ0) is 17.0. The molecule has 0 spiro atoms. The van der Waals surface area contributed by atoms with Crippen molar-refractivity contribution in [2.24, 2.45) is 5.92 Å². The summed E-state index contributed by atoms with van der Waals surface area (Å²) in [6.45, 7) is 4.25. The van der Waals surface area contributed by atoms with Gasteiger partial charge in [-0.15, -0.1) is 12.4 Å². The Balaban J connectivity index is 0.00000288. The molecule has 0 radical (unpaired) electrons. The fourth-order valence-corrected chi connectivity index (χ4v) is 4.36. The van der Waals surface area contributed by atoms with Crippen LogP contribution in [0.15, 0.2) is 23.1 Å². The van der Waals surface area contributed by atoms with E-state index in [9.17, 15) is 22.9 Å². The summed E-state index contributed by atoms with van der Waals surface area (Å²) in [5.41, 5.74) is -0.984. The molecule has 1 aromatic rings. The molecule has 0 saturated carbocycles. The number of halogens is 2. The molecule has 1 aliphatic heterocycles. The molecular weight excluding hydrogens is 361 g/mol. The minimum absolute atomic E-state index is 0. The summed E-state index contributed by atoms with van der Waals surface area (Å²) in [4.78, 5) is 9.45. The van der Waals surface area contributed by atoms with E-state index in [1.165, 1.54) is 10.4 Å². The van der Waals surface area contributed by atoms with E-state index in [-0.39, 0.29) is 25.5 Å². The summed E-state index contributed by atoms with van der Waals surface area (Å²) < 4.78 is 40.1. The zero-order valence-electron chi connectivity index (χ0n) is 13.3. The van der Waals surface area contributed by atoms with Crippen molar-refractivity contribution in [2.45, 2.75) is 24.7 Å².